The minimum atomic E-state index is 0.438. The standard InChI is InChI=1S/C15H26O/c1-9-4-6-11-10(8-16)5-7-12-14(13(9)11)15(12,2)3/h9-14,16H,4-8H2,1-3H3/t9-,10-,11-,12-,13-,14-/m1/s1. The SMILES string of the molecule is C[C@@H]1CC[C@@H]2[C@@H](CO)CC[C@@H]3[C@H]([C@@H]21)C3(C)C. The zero-order valence-corrected chi connectivity index (χ0v) is 10.9. The van der Waals surface area contributed by atoms with Crippen molar-refractivity contribution in [3.05, 3.63) is 0 Å². The van der Waals surface area contributed by atoms with E-state index < -0.39 is 0 Å². The van der Waals surface area contributed by atoms with Crippen LogP contribution in [-0.4, -0.2) is 11.7 Å². The molecule has 0 radical (unpaired) electrons. The highest BCUT2D eigenvalue weighted by atomic mass is 16.3. The molecule has 1 nitrogen and oxygen atoms in total. The first-order chi connectivity index (χ1) is 7.57. The van der Waals surface area contributed by atoms with Gasteiger partial charge in [0.1, 0.15) is 0 Å². The fourth-order valence-corrected chi connectivity index (χ4v) is 5.37. The largest absolute Gasteiger partial charge is 0.396 e. The van der Waals surface area contributed by atoms with Crippen LogP contribution >= 0.6 is 0 Å². The van der Waals surface area contributed by atoms with Gasteiger partial charge < -0.3 is 5.11 Å². The second-order valence-corrected chi connectivity index (χ2v) is 7.27. The minimum Gasteiger partial charge on any atom is -0.396 e. The van der Waals surface area contributed by atoms with E-state index in [-0.39, 0.29) is 0 Å². The van der Waals surface area contributed by atoms with Gasteiger partial charge in [-0.2, -0.15) is 0 Å². The second-order valence-electron chi connectivity index (χ2n) is 7.27. The Morgan fingerprint density at radius 1 is 1.12 bits per heavy atom. The highest BCUT2D eigenvalue weighted by Crippen LogP contribution is 2.70. The summed E-state index contributed by atoms with van der Waals surface area (Å²) in [6, 6.07) is 0. The predicted molar refractivity (Wildman–Crippen MR) is 65.9 cm³/mol. The molecular formula is C15H26O. The summed E-state index contributed by atoms with van der Waals surface area (Å²) in [7, 11) is 0. The molecule has 0 heterocycles. The van der Waals surface area contributed by atoms with Gasteiger partial charge in [-0.1, -0.05) is 27.2 Å². The third kappa shape index (κ3) is 1.33. The summed E-state index contributed by atoms with van der Waals surface area (Å²) in [6.07, 6.45) is 5.46. The average Bonchev–Trinajstić information content (AvgIpc) is 2.66. The highest BCUT2D eigenvalue weighted by Gasteiger charge is 2.64. The Morgan fingerprint density at radius 2 is 1.88 bits per heavy atom. The summed E-state index contributed by atoms with van der Waals surface area (Å²) >= 11 is 0. The second kappa shape index (κ2) is 3.48. The van der Waals surface area contributed by atoms with E-state index in [0.29, 0.717) is 17.9 Å². The van der Waals surface area contributed by atoms with Crippen molar-refractivity contribution in [3.8, 4) is 0 Å². The van der Waals surface area contributed by atoms with Gasteiger partial charge in [0.05, 0.1) is 0 Å². The molecule has 0 bridgehead atoms. The molecule has 3 fully saturated rings. The van der Waals surface area contributed by atoms with Crippen molar-refractivity contribution in [2.75, 3.05) is 6.61 Å². The van der Waals surface area contributed by atoms with Crippen LogP contribution in [0.25, 0.3) is 0 Å². The third-order valence-corrected chi connectivity index (χ3v) is 6.35. The molecule has 3 aliphatic rings. The van der Waals surface area contributed by atoms with Gasteiger partial charge in [-0.15, -0.1) is 0 Å². The lowest BCUT2D eigenvalue weighted by Gasteiger charge is -2.29. The summed E-state index contributed by atoms with van der Waals surface area (Å²) < 4.78 is 0. The quantitative estimate of drug-likeness (QED) is 0.721. The van der Waals surface area contributed by atoms with E-state index in [9.17, 15) is 5.11 Å². The molecule has 0 aromatic carbocycles. The molecule has 3 aliphatic carbocycles. The van der Waals surface area contributed by atoms with Gasteiger partial charge in [-0.25, -0.2) is 0 Å². The van der Waals surface area contributed by atoms with Gasteiger partial charge in [-0.05, 0) is 60.2 Å². The van der Waals surface area contributed by atoms with Crippen LogP contribution in [0.15, 0.2) is 0 Å². The molecule has 6 atom stereocenters. The van der Waals surface area contributed by atoms with Crippen LogP contribution in [0.3, 0.4) is 0 Å². The Hall–Kier alpha value is -0.0400. The number of aliphatic hydroxyl groups is 1. The van der Waals surface area contributed by atoms with Crippen molar-refractivity contribution in [1.82, 2.24) is 0 Å². The Labute approximate surface area is 99.6 Å². The first-order valence-electron chi connectivity index (χ1n) is 7.18. The molecule has 92 valence electrons. The van der Waals surface area contributed by atoms with E-state index in [1.165, 1.54) is 25.7 Å². The molecule has 1 heteroatoms. The van der Waals surface area contributed by atoms with Gasteiger partial charge in [-0.3, -0.25) is 0 Å². The molecule has 0 aliphatic heterocycles. The van der Waals surface area contributed by atoms with Crippen LogP contribution in [0.1, 0.15) is 46.5 Å². The normalized spacial score (nSPS) is 54.0. The lowest BCUT2D eigenvalue weighted by molar-refractivity contribution is 0.124. The molecule has 0 spiro atoms. The van der Waals surface area contributed by atoms with E-state index in [4.69, 9.17) is 0 Å². The molecule has 3 rings (SSSR count). The van der Waals surface area contributed by atoms with E-state index in [0.717, 1.165) is 29.6 Å². The van der Waals surface area contributed by atoms with Crippen molar-refractivity contribution in [2.45, 2.75) is 46.5 Å². The van der Waals surface area contributed by atoms with Crippen LogP contribution in [0, 0.1) is 40.9 Å². The Morgan fingerprint density at radius 3 is 2.56 bits per heavy atom. The van der Waals surface area contributed by atoms with Gasteiger partial charge in [0.25, 0.3) is 0 Å². The fourth-order valence-electron chi connectivity index (χ4n) is 5.37. The van der Waals surface area contributed by atoms with Crippen molar-refractivity contribution >= 4 is 0 Å². The average molecular weight is 222 g/mol. The Bertz CT molecular complexity index is 283. The highest BCUT2D eigenvalue weighted by molar-refractivity contribution is 5.12. The molecule has 0 unspecified atom stereocenters. The number of fused-ring (bicyclic) bond motifs is 3. The van der Waals surface area contributed by atoms with Gasteiger partial charge >= 0.3 is 0 Å². The number of rotatable bonds is 1. The summed E-state index contributed by atoms with van der Waals surface area (Å²) in [5.41, 5.74) is 0.613. The van der Waals surface area contributed by atoms with Gasteiger partial charge in [0, 0.05) is 6.61 Å². The maximum Gasteiger partial charge on any atom is 0.0462 e. The molecule has 3 saturated carbocycles. The zero-order chi connectivity index (χ0) is 11.5. The Kier molecular flexibility index (Phi) is 2.41. The zero-order valence-electron chi connectivity index (χ0n) is 10.9. The van der Waals surface area contributed by atoms with Crippen LogP contribution in [0.2, 0.25) is 0 Å². The first-order valence-corrected chi connectivity index (χ1v) is 7.18. The van der Waals surface area contributed by atoms with Crippen molar-refractivity contribution in [1.29, 1.82) is 0 Å². The lowest BCUT2D eigenvalue weighted by atomic mass is 9.76. The maximum atomic E-state index is 9.58. The maximum absolute atomic E-state index is 9.58. The molecule has 0 aromatic rings. The molecule has 16 heavy (non-hydrogen) atoms. The van der Waals surface area contributed by atoms with Crippen molar-refractivity contribution < 1.29 is 5.11 Å². The monoisotopic (exact) mass is 222 g/mol. The van der Waals surface area contributed by atoms with E-state index in [1.54, 1.807) is 0 Å². The molecule has 0 amide bonds. The van der Waals surface area contributed by atoms with Gasteiger partial charge in [0.2, 0.25) is 0 Å². The van der Waals surface area contributed by atoms with E-state index in [2.05, 4.69) is 20.8 Å². The van der Waals surface area contributed by atoms with E-state index >= 15 is 0 Å². The lowest BCUT2D eigenvalue weighted by Crippen LogP contribution is -2.26. The van der Waals surface area contributed by atoms with Gasteiger partial charge in [0.15, 0.2) is 0 Å². The summed E-state index contributed by atoms with van der Waals surface area (Å²) in [5, 5.41) is 9.58. The molecular weight excluding hydrogens is 196 g/mol. The Balaban J connectivity index is 1.88. The molecule has 0 aromatic heterocycles. The number of hydrogen-bond donors (Lipinski definition) is 1. The number of hydrogen-bond acceptors (Lipinski definition) is 1. The number of aliphatic hydroxyl groups excluding tert-OH is 1. The molecule has 0 saturated heterocycles. The third-order valence-electron chi connectivity index (χ3n) is 6.35. The van der Waals surface area contributed by atoms with E-state index in [1.807, 2.05) is 0 Å². The van der Waals surface area contributed by atoms with Crippen molar-refractivity contribution in [3.63, 3.8) is 0 Å². The topological polar surface area (TPSA) is 20.2 Å². The van der Waals surface area contributed by atoms with Crippen LogP contribution in [0.5, 0.6) is 0 Å². The van der Waals surface area contributed by atoms with Crippen LogP contribution in [0.4, 0.5) is 0 Å². The van der Waals surface area contributed by atoms with Crippen molar-refractivity contribution in [2.24, 2.45) is 40.9 Å². The smallest absolute Gasteiger partial charge is 0.0462 e. The summed E-state index contributed by atoms with van der Waals surface area (Å²) in [4.78, 5) is 0. The summed E-state index contributed by atoms with van der Waals surface area (Å²) in [5.74, 6) is 5.25. The van der Waals surface area contributed by atoms with Crippen LogP contribution < -0.4 is 0 Å². The van der Waals surface area contributed by atoms with Crippen LogP contribution in [-0.2, 0) is 0 Å². The summed E-state index contributed by atoms with van der Waals surface area (Å²) in [6.45, 7) is 7.84. The minimum absolute atomic E-state index is 0.438. The first kappa shape index (κ1) is 11.1. The molecule has 1 N–H and O–H groups in total. The predicted octanol–water partition coefficient (Wildman–Crippen LogP) is 3.32. The fraction of sp³-hybridized carbons (Fsp3) is 1.00.